The maximum Gasteiger partial charge on any atom is 0.251 e. The number of nitrogens with zero attached hydrogens (tertiary/aromatic N) is 1. The van der Waals surface area contributed by atoms with E-state index in [9.17, 15) is 4.79 Å². The fourth-order valence-electron chi connectivity index (χ4n) is 8.35. The van der Waals surface area contributed by atoms with E-state index in [1.165, 1.54) is 102 Å². The van der Waals surface area contributed by atoms with Crippen molar-refractivity contribution in [1.29, 1.82) is 0 Å². The summed E-state index contributed by atoms with van der Waals surface area (Å²) in [5.41, 5.74) is 3.48. The molecule has 5 nitrogen and oxygen atoms in total. The number of fused-ring (bicyclic) bond motifs is 1. The topological polar surface area (TPSA) is 65.5 Å². The van der Waals surface area contributed by atoms with Crippen molar-refractivity contribution >= 4 is 28.3 Å². The third kappa shape index (κ3) is 10.3. The molecule has 49 heavy (non-hydrogen) atoms. The second-order valence-electron chi connectivity index (χ2n) is 15.1. The summed E-state index contributed by atoms with van der Waals surface area (Å²) in [6, 6.07) is 23.7. The number of hydrogen-bond donors (Lipinski definition) is 3. The average molecular weight is 665 g/mol. The number of benzene rings is 3. The smallest absolute Gasteiger partial charge is 0.251 e. The number of anilines is 1. The van der Waals surface area contributed by atoms with Gasteiger partial charge in [-0.25, -0.2) is 4.99 Å². The Kier molecular flexibility index (Phi) is 14.4. The van der Waals surface area contributed by atoms with Gasteiger partial charge in [-0.1, -0.05) is 152 Å². The van der Waals surface area contributed by atoms with E-state index in [0.29, 0.717) is 12.1 Å². The van der Waals surface area contributed by atoms with E-state index in [1.54, 1.807) is 0 Å². The highest BCUT2D eigenvalue weighted by molar-refractivity contribution is 6.01. The molecule has 3 aromatic carbocycles. The van der Waals surface area contributed by atoms with Crippen LogP contribution in [0.5, 0.6) is 0 Å². The van der Waals surface area contributed by atoms with Crippen LogP contribution < -0.4 is 16.0 Å². The van der Waals surface area contributed by atoms with Crippen molar-refractivity contribution in [2.45, 2.75) is 166 Å². The molecular formula is C44H64N4O. The van der Waals surface area contributed by atoms with E-state index in [4.69, 9.17) is 4.99 Å². The zero-order valence-electron chi connectivity index (χ0n) is 30.9. The molecule has 0 saturated heterocycles. The van der Waals surface area contributed by atoms with Crippen molar-refractivity contribution in [1.82, 2.24) is 10.6 Å². The molecule has 0 aliphatic heterocycles. The highest BCUT2D eigenvalue weighted by Gasteiger charge is 2.31. The first-order chi connectivity index (χ1) is 24.0. The van der Waals surface area contributed by atoms with Gasteiger partial charge >= 0.3 is 0 Å². The van der Waals surface area contributed by atoms with E-state index in [-0.39, 0.29) is 11.3 Å². The molecule has 0 spiro atoms. The number of guanidine groups is 1. The van der Waals surface area contributed by atoms with Gasteiger partial charge in [-0.15, -0.1) is 0 Å². The van der Waals surface area contributed by atoms with Crippen LogP contribution in [0.25, 0.3) is 10.8 Å². The highest BCUT2D eigenvalue weighted by Crippen LogP contribution is 2.40. The van der Waals surface area contributed by atoms with Gasteiger partial charge < -0.3 is 16.0 Å². The van der Waals surface area contributed by atoms with Crippen molar-refractivity contribution in [3.05, 3.63) is 77.9 Å². The molecule has 2 fully saturated rings. The van der Waals surface area contributed by atoms with Crippen molar-refractivity contribution in [2.24, 2.45) is 4.99 Å². The van der Waals surface area contributed by atoms with Gasteiger partial charge in [0.1, 0.15) is 6.04 Å². The van der Waals surface area contributed by atoms with Gasteiger partial charge in [0.25, 0.3) is 5.91 Å². The minimum Gasteiger partial charge on any atom is -0.354 e. The van der Waals surface area contributed by atoms with Crippen LogP contribution >= 0.6 is 0 Å². The summed E-state index contributed by atoms with van der Waals surface area (Å²) in [7, 11) is 0. The SMILES string of the molecule is CCCCC(CCCC)(CCCC)c1ccc(NC(=O)C(NC(=NC2CCCCC2)NC2CCCCC2)c2cccc3ccccc23)cc1. The Balaban J connectivity index is 1.45. The summed E-state index contributed by atoms with van der Waals surface area (Å²) in [4.78, 5) is 19.8. The van der Waals surface area contributed by atoms with Gasteiger partial charge in [-0.05, 0) is 84.4 Å². The van der Waals surface area contributed by atoms with Crippen molar-refractivity contribution in [2.75, 3.05) is 5.32 Å². The zero-order chi connectivity index (χ0) is 34.3. The molecule has 5 heteroatoms. The molecule has 0 bridgehead atoms. The molecule has 1 unspecified atom stereocenters. The number of rotatable bonds is 16. The fourth-order valence-corrected chi connectivity index (χ4v) is 8.35. The number of amides is 1. The van der Waals surface area contributed by atoms with E-state index in [0.717, 1.165) is 53.7 Å². The number of carbonyl (C=O) groups excluding carboxylic acids is 1. The minimum atomic E-state index is -0.595. The zero-order valence-corrected chi connectivity index (χ0v) is 30.9. The Hall–Kier alpha value is -3.34. The molecule has 3 N–H and O–H groups in total. The molecule has 266 valence electrons. The molecule has 5 rings (SSSR count). The monoisotopic (exact) mass is 665 g/mol. The molecule has 2 saturated carbocycles. The molecule has 0 aromatic heterocycles. The van der Waals surface area contributed by atoms with Crippen molar-refractivity contribution in [3.63, 3.8) is 0 Å². The van der Waals surface area contributed by atoms with Crippen LogP contribution in [-0.2, 0) is 10.2 Å². The lowest BCUT2D eigenvalue weighted by Gasteiger charge is -2.35. The molecule has 2 aliphatic carbocycles. The predicted octanol–water partition coefficient (Wildman–Crippen LogP) is 11.5. The Morgan fingerprint density at radius 3 is 1.96 bits per heavy atom. The molecule has 1 atom stereocenters. The number of aliphatic imine (C=N–C) groups is 1. The lowest BCUT2D eigenvalue weighted by atomic mass is 9.69. The van der Waals surface area contributed by atoms with E-state index in [1.807, 2.05) is 0 Å². The number of carbonyl (C=O) groups is 1. The van der Waals surface area contributed by atoms with Crippen LogP contribution in [0.2, 0.25) is 0 Å². The largest absolute Gasteiger partial charge is 0.354 e. The summed E-state index contributed by atoms with van der Waals surface area (Å²) in [6.07, 6.45) is 23.2. The predicted molar refractivity (Wildman–Crippen MR) is 209 cm³/mol. The number of hydrogen-bond acceptors (Lipinski definition) is 2. The van der Waals surface area contributed by atoms with Crippen LogP contribution in [-0.4, -0.2) is 24.0 Å². The summed E-state index contributed by atoms with van der Waals surface area (Å²) in [5, 5.41) is 13.1. The second-order valence-corrected chi connectivity index (χ2v) is 15.1. The van der Waals surface area contributed by atoms with Gasteiger partial charge in [0.15, 0.2) is 5.96 Å². The normalized spacial score (nSPS) is 17.2. The van der Waals surface area contributed by atoms with Crippen LogP contribution in [0.3, 0.4) is 0 Å². The summed E-state index contributed by atoms with van der Waals surface area (Å²) < 4.78 is 0. The Labute approximate surface area is 297 Å². The van der Waals surface area contributed by atoms with E-state index in [2.05, 4.69) is 103 Å². The molecule has 2 aliphatic rings. The third-order valence-corrected chi connectivity index (χ3v) is 11.3. The average Bonchev–Trinajstić information content (AvgIpc) is 3.14. The first kappa shape index (κ1) is 36.9. The summed E-state index contributed by atoms with van der Waals surface area (Å²) in [5.74, 6) is 0.731. The van der Waals surface area contributed by atoms with E-state index >= 15 is 0 Å². The van der Waals surface area contributed by atoms with Gasteiger partial charge in [0.05, 0.1) is 6.04 Å². The Morgan fingerprint density at radius 1 is 0.735 bits per heavy atom. The van der Waals surface area contributed by atoms with Crippen LogP contribution in [0.1, 0.15) is 160 Å². The first-order valence-electron chi connectivity index (χ1n) is 20.0. The minimum absolute atomic E-state index is 0.0555. The Morgan fingerprint density at radius 2 is 1.33 bits per heavy atom. The van der Waals surface area contributed by atoms with Crippen LogP contribution in [0, 0.1) is 0 Å². The molecule has 3 aromatic rings. The van der Waals surface area contributed by atoms with Gasteiger partial charge in [-0.2, -0.15) is 0 Å². The maximum atomic E-state index is 14.5. The van der Waals surface area contributed by atoms with E-state index < -0.39 is 6.04 Å². The van der Waals surface area contributed by atoms with Crippen molar-refractivity contribution in [3.8, 4) is 0 Å². The van der Waals surface area contributed by atoms with Crippen LogP contribution in [0.15, 0.2) is 71.7 Å². The number of nitrogens with one attached hydrogen (secondary N) is 3. The molecule has 1 amide bonds. The first-order valence-corrected chi connectivity index (χ1v) is 20.0. The lowest BCUT2D eigenvalue weighted by Crippen LogP contribution is -2.48. The van der Waals surface area contributed by atoms with Gasteiger partial charge in [0, 0.05) is 11.7 Å². The van der Waals surface area contributed by atoms with Crippen molar-refractivity contribution < 1.29 is 4.79 Å². The molecular weight excluding hydrogens is 601 g/mol. The lowest BCUT2D eigenvalue weighted by molar-refractivity contribution is -0.117. The highest BCUT2D eigenvalue weighted by atomic mass is 16.2. The third-order valence-electron chi connectivity index (χ3n) is 11.3. The molecule has 0 heterocycles. The fraction of sp³-hybridized carbons (Fsp3) is 0.591. The Bertz CT molecular complexity index is 1420. The van der Waals surface area contributed by atoms with Gasteiger partial charge in [-0.3, -0.25) is 4.79 Å². The second kappa shape index (κ2) is 19.2. The maximum absolute atomic E-state index is 14.5. The van der Waals surface area contributed by atoms with Gasteiger partial charge in [0.2, 0.25) is 0 Å². The summed E-state index contributed by atoms with van der Waals surface area (Å²) >= 11 is 0. The quantitative estimate of drug-likeness (QED) is 0.105. The molecule has 0 radical (unpaired) electrons. The summed E-state index contributed by atoms with van der Waals surface area (Å²) in [6.45, 7) is 6.91. The number of unbranched alkanes of at least 4 members (excludes halogenated alkanes) is 3. The van der Waals surface area contributed by atoms with Crippen LogP contribution in [0.4, 0.5) is 5.69 Å². The standard InChI is InChI=1S/C44H64N4O/c1-4-7-31-44(32-8-5-2,33-9-6-3)35-27-29-38(30-28-35)45-42(49)41(40-26-18-20-34-19-16-17-25-39(34)40)48-43(46-36-21-12-10-13-22-36)47-37-23-14-11-15-24-37/h16-20,25-30,36-37,41H,4-15,21-24,31-33H2,1-3H3,(H,45,49)(H2,46,47,48).